The fourth-order valence-corrected chi connectivity index (χ4v) is 3.22. The van der Waals surface area contributed by atoms with Crippen molar-refractivity contribution in [3.63, 3.8) is 0 Å². The molecule has 0 saturated carbocycles. The van der Waals surface area contributed by atoms with Crippen LogP contribution in [0.15, 0.2) is 34.9 Å². The fraction of sp³-hybridized carbons (Fsp3) is 0.526. The zero-order valence-electron chi connectivity index (χ0n) is 14.9. The largest absolute Gasteiger partial charge is 0.494 e. The maximum absolute atomic E-state index is 10.3. The number of likely N-dealkylation sites (tertiary alicyclic amines) is 1. The number of aliphatic hydroxyl groups excluding tert-OH is 1. The first kappa shape index (κ1) is 17.8. The highest BCUT2D eigenvalue weighted by molar-refractivity contribution is 5.31. The van der Waals surface area contributed by atoms with Crippen LogP contribution in [0.4, 0.5) is 0 Å². The molecule has 6 heteroatoms. The Kier molecular flexibility index (Phi) is 5.94. The second kappa shape index (κ2) is 8.36. The Morgan fingerprint density at radius 1 is 1.28 bits per heavy atom. The third kappa shape index (κ3) is 4.74. The Bertz CT molecular complexity index is 656. The molecule has 0 bridgehead atoms. The summed E-state index contributed by atoms with van der Waals surface area (Å²) < 4.78 is 16.5. The van der Waals surface area contributed by atoms with Crippen molar-refractivity contribution in [1.29, 1.82) is 0 Å². The third-order valence-electron chi connectivity index (χ3n) is 4.36. The fourth-order valence-electron chi connectivity index (χ4n) is 3.22. The molecule has 0 radical (unpaired) electrons. The van der Waals surface area contributed by atoms with Crippen LogP contribution in [0.5, 0.6) is 11.5 Å². The topological polar surface area (TPSA) is 68.0 Å². The van der Waals surface area contributed by atoms with Crippen LogP contribution in [0.25, 0.3) is 0 Å². The van der Waals surface area contributed by atoms with Gasteiger partial charge in [0.1, 0.15) is 24.2 Å². The molecule has 3 rings (SSSR count). The normalized spacial score (nSPS) is 19.1. The minimum absolute atomic E-state index is 0.196. The molecule has 0 amide bonds. The van der Waals surface area contributed by atoms with Crippen molar-refractivity contribution in [2.45, 2.75) is 38.8 Å². The molecule has 1 aliphatic rings. The third-order valence-corrected chi connectivity index (χ3v) is 4.36. The van der Waals surface area contributed by atoms with E-state index in [2.05, 4.69) is 10.1 Å². The number of β-amino-alcohol motifs (C(OH)–C–C–N with tert-alkyl or cyclic N) is 1. The molecule has 6 nitrogen and oxygen atoms in total. The summed E-state index contributed by atoms with van der Waals surface area (Å²) in [6, 6.07) is 9.62. The number of aryl methyl sites for hydroxylation is 1. The first-order valence-corrected chi connectivity index (χ1v) is 8.86. The number of hydrogen-bond donors (Lipinski definition) is 1. The average molecular weight is 346 g/mol. The Hall–Kier alpha value is -2.05. The van der Waals surface area contributed by atoms with E-state index in [-0.39, 0.29) is 12.6 Å². The van der Waals surface area contributed by atoms with Crippen LogP contribution in [0.2, 0.25) is 0 Å². The van der Waals surface area contributed by atoms with E-state index in [0.29, 0.717) is 13.2 Å². The molecule has 1 saturated heterocycles. The molecular weight excluding hydrogens is 320 g/mol. The van der Waals surface area contributed by atoms with Gasteiger partial charge in [0, 0.05) is 12.6 Å². The molecule has 0 aliphatic carbocycles. The summed E-state index contributed by atoms with van der Waals surface area (Å²) in [5.74, 6) is 2.43. The molecule has 2 aromatic rings. The number of rotatable bonds is 8. The molecule has 25 heavy (non-hydrogen) atoms. The SMILES string of the molecule is CCOc1ccc(OC[C@H](O)CN2CCC[C@@H]2c2cc(C)no2)cc1. The van der Waals surface area contributed by atoms with Crippen LogP contribution in [-0.2, 0) is 0 Å². The maximum atomic E-state index is 10.3. The Morgan fingerprint density at radius 2 is 2.00 bits per heavy atom. The second-order valence-corrected chi connectivity index (χ2v) is 6.39. The van der Waals surface area contributed by atoms with Crippen molar-refractivity contribution in [3.8, 4) is 11.5 Å². The van der Waals surface area contributed by atoms with Gasteiger partial charge in [-0.15, -0.1) is 0 Å². The maximum Gasteiger partial charge on any atom is 0.154 e. The number of nitrogens with zero attached hydrogens (tertiary/aromatic N) is 2. The van der Waals surface area contributed by atoms with Crippen molar-refractivity contribution in [2.75, 3.05) is 26.3 Å². The van der Waals surface area contributed by atoms with E-state index >= 15 is 0 Å². The smallest absolute Gasteiger partial charge is 0.154 e. The Balaban J connectivity index is 1.49. The highest BCUT2D eigenvalue weighted by Crippen LogP contribution is 2.32. The number of aliphatic hydroxyl groups is 1. The molecule has 1 fully saturated rings. The summed E-state index contributed by atoms with van der Waals surface area (Å²) in [6.45, 7) is 6.28. The molecule has 1 aromatic carbocycles. The van der Waals surface area contributed by atoms with Gasteiger partial charge in [0.25, 0.3) is 0 Å². The summed E-state index contributed by atoms with van der Waals surface area (Å²) in [5.41, 5.74) is 0.890. The molecule has 136 valence electrons. The van der Waals surface area contributed by atoms with Gasteiger partial charge in [0.05, 0.1) is 18.3 Å². The van der Waals surface area contributed by atoms with Crippen molar-refractivity contribution in [3.05, 3.63) is 41.8 Å². The molecule has 0 unspecified atom stereocenters. The first-order chi connectivity index (χ1) is 12.2. The van der Waals surface area contributed by atoms with E-state index in [1.54, 1.807) is 0 Å². The summed E-state index contributed by atoms with van der Waals surface area (Å²) in [6.07, 6.45) is 1.56. The first-order valence-electron chi connectivity index (χ1n) is 8.86. The molecule has 2 atom stereocenters. The lowest BCUT2D eigenvalue weighted by Crippen LogP contribution is -2.35. The molecule has 1 aromatic heterocycles. The van der Waals surface area contributed by atoms with Gasteiger partial charge in [0.2, 0.25) is 0 Å². The zero-order valence-corrected chi connectivity index (χ0v) is 14.9. The molecule has 1 aliphatic heterocycles. The van der Waals surface area contributed by atoms with Crippen molar-refractivity contribution < 1.29 is 19.1 Å². The van der Waals surface area contributed by atoms with Crippen LogP contribution < -0.4 is 9.47 Å². The lowest BCUT2D eigenvalue weighted by Gasteiger charge is -2.25. The van der Waals surface area contributed by atoms with Crippen LogP contribution >= 0.6 is 0 Å². The summed E-state index contributed by atoms with van der Waals surface area (Å²) in [4.78, 5) is 2.24. The molecule has 1 N–H and O–H groups in total. The number of aromatic nitrogens is 1. The van der Waals surface area contributed by atoms with Crippen LogP contribution in [0.1, 0.15) is 37.3 Å². The predicted octanol–water partition coefficient (Wildman–Crippen LogP) is 2.96. The second-order valence-electron chi connectivity index (χ2n) is 6.39. The Morgan fingerprint density at radius 3 is 2.64 bits per heavy atom. The highest BCUT2D eigenvalue weighted by Gasteiger charge is 2.30. The zero-order chi connectivity index (χ0) is 17.6. The minimum atomic E-state index is -0.559. The van der Waals surface area contributed by atoms with Crippen LogP contribution in [0, 0.1) is 6.92 Å². The van der Waals surface area contributed by atoms with E-state index in [4.69, 9.17) is 14.0 Å². The van der Waals surface area contributed by atoms with Gasteiger partial charge in [-0.05, 0) is 57.5 Å². The summed E-state index contributed by atoms with van der Waals surface area (Å²) in [7, 11) is 0. The monoisotopic (exact) mass is 346 g/mol. The van der Waals surface area contributed by atoms with E-state index in [0.717, 1.165) is 42.3 Å². The lowest BCUT2D eigenvalue weighted by molar-refractivity contribution is 0.0597. The number of hydrogen-bond acceptors (Lipinski definition) is 6. The van der Waals surface area contributed by atoms with Gasteiger partial charge >= 0.3 is 0 Å². The van der Waals surface area contributed by atoms with E-state index in [9.17, 15) is 5.11 Å². The van der Waals surface area contributed by atoms with Crippen molar-refractivity contribution in [2.24, 2.45) is 0 Å². The molecular formula is C19H26N2O4. The molecule has 2 heterocycles. The average Bonchev–Trinajstić information content (AvgIpc) is 3.23. The van der Waals surface area contributed by atoms with Gasteiger partial charge < -0.3 is 19.1 Å². The summed E-state index contributed by atoms with van der Waals surface area (Å²) in [5, 5.41) is 14.3. The van der Waals surface area contributed by atoms with Gasteiger partial charge in [-0.3, -0.25) is 4.90 Å². The quantitative estimate of drug-likeness (QED) is 0.793. The van der Waals surface area contributed by atoms with E-state index < -0.39 is 6.10 Å². The Labute approximate surface area is 148 Å². The summed E-state index contributed by atoms with van der Waals surface area (Å²) >= 11 is 0. The lowest BCUT2D eigenvalue weighted by atomic mass is 10.1. The minimum Gasteiger partial charge on any atom is -0.494 e. The van der Waals surface area contributed by atoms with Gasteiger partial charge in [-0.1, -0.05) is 5.16 Å². The van der Waals surface area contributed by atoms with Crippen molar-refractivity contribution in [1.82, 2.24) is 10.1 Å². The van der Waals surface area contributed by atoms with Gasteiger partial charge in [-0.2, -0.15) is 0 Å². The van der Waals surface area contributed by atoms with Crippen LogP contribution in [0.3, 0.4) is 0 Å². The van der Waals surface area contributed by atoms with Crippen LogP contribution in [-0.4, -0.2) is 47.6 Å². The number of benzene rings is 1. The standard InChI is InChI=1S/C19H26N2O4/c1-3-23-16-6-8-17(9-7-16)24-13-15(22)12-21-10-4-5-18(21)19-11-14(2)20-25-19/h6-9,11,15,18,22H,3-5,10,12-13H2,1-2H3/t15-,18-/m1/s1. The van der Waals surface area contributed by atoms with Crippen molar-refractivity contribution >= 4 is 0 Å². The van der Waals surface area contributed by atoms with Gasteiger partial charge in [-0.25, -0.2) is 0 Å². The van der Waals surface area contributed by atoms with E-state index in [1.165, 1.54) is 0 Å². The molecule has 0 spiro atoms. The van der Waals surface area contributed by atoms with Gasteiger partial charge in [0.15, 0.2) is 5.76 Å². The number of ether oxygens (including phenoxy) is 2. The highest BCUT2D eigenvalue weighted by atomic mass is 16.5. The van der Waals surface area contributed by atoms with E-state index in [1.807, 2.05) is 44.2 Å². The predicted molar refractivity (Wildman–Crippen MR) is 93.9 cm³/mol.